The molecule has 1 heterocycles. The van der Waals surface area contributed by atoms with E-state index < -0.39 is 0 Å². The Morgan fingerprint density at radius 3 is 2.38 bits per heavy atom. The molecule has 1 aliphatic rings. The van der Waals surface area contributed by atoms with Gasteiger partial charge in [0.2, 0.25) is 0 Å². The first kappa shape index (κ1) is 13.9. The molecule has 0 aromatic heterocycles. The van der Waals surface area contributed by atoms with Gasteiger partial charge in [-0.1, -0.05) is 26.7 Å². The Labute approximate surface area is 100 Å². The minimum absolute atomic E-state index is 0.490. The van der Waals surface area contributed by atoms with Gasteiger partial charge >= 0.3 is 0 Å². The molecule has 1 aliphatic heterocycles. The molecule has 1 atom stereocenters. The van der Waals surface area contributed by atoms with Crippen molar-refractivity contribution < 1.29 is 4.74 Å². The van der Waals surface area contributed by atoms with Gasteiger partial charge in [-0.15, -0.1) is 0 Å². The number of hydrogen-bond donors (Lipinski definition) is 2. The fraction of sp³-hybridized carbons (Fsp3) is 1.00. The molecule has 16 heavy (non-hydrogen) atoms. The molecule has 0 aliphatic carbocycles. The number of ether oxygens (including phenoxy) is 1. The molecule has 0 amide bonds. The van der Waals surface area contributed by atoms with Crippen molar-refractivity contribution in [1.29, 1.82) is 0 Å². The molecule has 3 N–H and O–H groups in total. The Bertz CT molecular complexity index is 165. The van der Waals surface area contributed by atoms with E-state index in [2.05, 4.69) is 19.2 Å². The third-order valence-corrected chi connectivity index (χ3v) is 3.91. The van der Waals surface area contributed by atoms with Crippen LogP contribution in [0, 0.1) is 11.8 Å². The predicted octanol–water partition coefficient (Wildman–Crippen LogP) is 1.77. The smallest absolute Gasteiger partial charge is 0.0469 e. The Hall–Kier alpha value is -0.120. The molecular formula is C13H28N2O. The zero-order chi connectivity index (χ0) is 11.8. The summed E-state index contributed by atoms with van der Waals surface area (Å²) < 4.78 is 5.39. The van der Waals surface area contributed by atoms with Crippen molar-refractivity contribution >= 4 is 0 Å². The second kappa shape index (κ2) is 8.04. The Morgan fingerprint density at radius 1 is 1.25 bits per heavy atom. The van der Waals surface area contributed by atoms with Crippen molar-refractivity contribution in [2.75, 3.05) is 26.3 Å². The summed E-state index contributed by atoms with van der Waals surface area (Å²) >= 11 is 0. The minimum Gasteiger partial charge on any atom is -0.381 e. The van der Waals surface area contributed by atoms with Gasteiger partial charge in [-0.3, -0.25) is 0 Å². The number of nitrogens with two attached hydrogens (primary N) is 1. The molecule has 1 fully saturated rings. The normalized spacial score (nSPS) is 20.2. The topological polar surface area (TPSA) is 47.3 Å². The SMILES string of the molecule is CCC(CC)CNC(CN)C1CCOCC1. The molecule has 1 rings (SSSR count). The molecule has 1 saturated heterocycles. The van der Waals surface area contributed by atoms with Crippen molar-refractivity contribution in [1.82, 2.24) is 5.32 Å². The third-order valence-electron chi connectivity index (χ3n) is 3.91. The van der Waals surface area contributed by atoms with E-state index in [1.807, 2.05) is 0 Å². The van der Waals surface area contributed by atoms with Crippen molar-refractivity contribution in [3.05, 3.63) is 0 Å². The average Bonchev–Trinajstić information content (AvgIpc) is 2.36. The summed E-state index contributed by atoms with van der Waals surface area (Å²) in [5, 5.41) is 3.66. The zero-order valence-electron chi connectivity index (χ0n) is 10.9. The fourth-order valence-corrected chi connectivity index (χ4v) is 2.46. The van der Waals surface area contributed by atoms with Crippen LogP contribution in [0.25, 0.3) is 0 Å². The van der Waals surface area contributed by atoms with Crippen molar-refractivity contribution in [3.63, 3.8) is 0 Å². The van der Waals surface area contributed by atoms with Gasteiger partial charge in [0.15, 0.2) is 0 Å². The van der Waals surface area contributed by atoms with Crippen LogP contribution in [0.5, 0.6) is 0 Å². The molecule has 3 nitrogen and oxygen atoms in total. The van der Waals surface area contributed by atoms with Crippen LogP contribution >= 0.6 is 0 Å². The summed E-state index contributed by atoms with van der Waals surface area (Å²) in [7, 11) is 0. The quantitative estimate of drug-likeness (QED) is 0.698. The third kappa shape index (κ3) is 4.40. The summed E-state index contributed by atoms with van der Waals surface area (Å²) in [6.07, 6.45) is 4.85. The van der Waals surface area contributed by atoms with Gasteiger partial charge in [0.25, 0.3) is 0 Å². The lowest BCUT2D eigenvalue weighted by Gasteiger charge is -2.31. The average molecular weight is 228 g/mol. The van der Waals surface area contributed by atoms with E-state index in [9.17, 15) is 0 Å². The van der Waals surface area contributed by atoms with Gasteiger partial charge in [-0.25, -0.2) is 0 Å². The van der Waals surface area contributed by atoms with Crippen molar-refractivity contribution in [3.8, 4) is 0 Å². The number of nitrogens with one attached hydrogen (secondary N) is 1. The highest BCUT2D eigenvalue weighted by Gasteiger charge is 2.22. The molecule has 0 aromatic rings. The second-order valence-corrected chi connectivity index (χ2v) is 4.88. The van der Waals surface area contributed by atoms with Gasteiger partial charge < -0.3 is 15.8 Å². The Kier molecular flexibility index (Phi) is 7.01. The maximum absolute atomic E-state index is 5.87. The van der Waals surface area contributed by atoms with E-state index in [1.165, 1.54) is 12.8 Å². The van der Waals surface area contributed by atoms with E-state index in [-0.39, 0.29) is 0 Å². The summed E-state index contributed by atoms with van der Waals surface area (Å²) in [6, 6.07) is 0.490. The Balaban J connectivity index is 2.29. The van der Waals surface area contributed by atoms with E-state index in [0.717, 1.165) is 45.1 Å². The monoisotopic (exact) mass is 228 g/mol. The van der Waals surface area contributed by atoms with Gasteiger partial charge in [0.05, 0.1) is 0 Å². The highest BCUT2D eigenvalue weighted by atomic mass is 16.5. The molecule has 96 valence electrons. The summed E-state index contributed by atoms with van der Waals surface area (Å²) in [6.45, 7) is 8.22. The van der Waals surface area contributed by atoms with Gasteiger partial charge in [-0.05, 0) is 31.2 Å². The first-order valence-electron chi connectivity index (χ1n) is 6.82. The molecule has 0 saturated carbocycles. The molecule has 0 radical (unpaired) electrons. The molecule has 3 heteroatoms. The predicted molar refractivity (Wildman–Crippen MR) is 68.5 cm³/mol. The van der Waals surface area contributed by atoms with Crippen LogP contribution in [0.15, 0.2) is 0 Å². The largest absolute Gasteiger partial charge is 0.381 e. The van der Waals surface area contributed by atoms with E-state index >= 15 is 0 Å². The van der Waals surface area contributed by atoms with E-state index in [4.69, 9.17) is 10.5 Å². The van der Waals surface area contributed by atoms with Gasteiger partial charge in [-0.2, -0.15) is 0 Å². The summed E-state index contributed by atoms with van der Waals surface area (Å²) in [4.78, 5) is 0. The van der Waals surface area contributed by atoms with Crippen LogP contribution in [0.3, 0.4) is 0 Å². The van der Waals surface area contributed by atoms with Gasteiger partial charge in [0, 0.05) is 25.8 Å². The number of hydrogen-bond acceptors (Lipinski definition) is 3. The van der Waals surface area contributed by atoms with E-state index in [1.54, 1.807) is 0 Å². The second-order valence-electron chi connectivity index (χ2n) is 4.88. The minimum atomic E-state index is 0.490. The summed E-state index contributed by atoms with van der Waals surface area (Å²) in [5.41, 5.74) is 5.87. The zero-order valence-corrected chi connectivity index (χ0v) is 10.9. The Morgan fingerprint density at radius 2 is 1.88 bits per heavy atom. The van der Waals surface area contributed by atoms with Gasteiger partial charge in [0.1, 0.15) is 0 Å². The van der Waals surface area contributed by atoms with Crippen LogP contribution < -0.4 is 11.1 Å². The van der Waals surface area contributed by atoms with Crippen LogP contribution in [0.1, 0.15) is 39.5 Å². The first-order chi connectivity index (χ1) is 7.81. The van der Waals surface area contributed by atoms with Crippen molar-refractivity contribution in [2.24, 2.45) is 17.6 Å². The lowest BCUT2D eigenvalue weighted by atomic mass is 9.91. The number of rotatable bonds is 7. The van der Waals surface area contributed by atoms with E-state index in [0.29, 0.717) is 12.0 Å². The van der Waals surface area contributed by atoms with Crippen LogP contribution in [-0.2, 0) is 4.74 Å². The maximum Gasteiger partial charge on any atom is 0.0469 e. The first-order valence-corrected chi connectivity index (χ1v) is 6.82. The summed E-state index contributed by atoms with van der Waals surface area (Å²) in [5.74, 6) is 1.52. The lowest BCUT2D eigenvalue weighted by molar-refractivity contribution is 0.0542. The lowest BCUT2D eigenvalue weighted by Crippen LogP contribution is -2.45. The van der Waals surface area contributed by atoms with Crippen LogP contribution in [0.2, 0.25) is 0 Å². The molecular weight excluding hydrogens is 200 g/mol. The maximum atomic E-state index is 5.87. The molecule has 0 spiro atoms. The van der Waals surface area contributed by atoms with Crippen molar-refractivity contribution in [2.45, 2.75) is 45.6 Å². The fourth-order valence-electron chi connectivity index (χ4n) is 2.46. The molecule has 0 bridgehead atoms. The van der Waals surface area contributed by atoms with Crippen LogP contribution in [-0.4, -0.2) is 32.3 Å². The highest BCUT2D eigenvalue weighted by molar-refractivity contribution is 4.80. The highest BCUT2D eigenvalue weighted by Crippen LogP contribution is 2.18. The standard InChI is InChI=1S/C13H28N2O/c1-3-11(4-2)10-15-13(9-14)12-5-7-16-8-6-12/h11-13,15H,3-10,14H2,1-2H3. The molecule has 0 aromatic carbocycles. The molecule has 1 unspecified atom stereocenters. The van der Waals surface area contributed by atoms with Crippen LogP contribution in [0.4, 0.5) is 0 Å².